The van der Waals surface area contributed by atoms with E-state index in [4.69, 9.17) is 4.74 Å². The number of benzene rings is 2. The van der Waals surface area contributed by atoms with E-state index in [1.165, 1.54) is 23.5 Å². The molecule has 2 heterocycles. The molecule has 0 spiro atoms. The zero-order valence-electron chi connectivity index (χ0n) is 19.5. The number of amides is 1. The van der Waals surface area contributed by atoms with Crippen LogP contribution >= 0.6 is 0 Å². The van der Waals surface area contributed by atoms with Crippen molar-refractivity contribution in [1.82, 2.24) is 9.88 Å². The number of nitriles is 1. The summed E-state index contributed by atoms with van der Waals surface area (Å²) in [6, 6.07) is 18.4. The van der Waals surface area contributed by atoms with Crippen LogP contribution in [-0.2, 0) is 10.0 Å². The number of aromatic nitrogens is 1. The molecule has 1 aromatic heterocycles. The Labute approximate surface area is 204 Å². The Morgan fingerprint density at radius 3 is 2.43 bits per heavy atom. The fraction of sp³-hybridized carbons (Fsp3) is 0.240. The number of hydrogen-bond donors (Lipinski definition) is 0. The molecule has 0 saturated carbocycles. The minimum absolute atomic E-state index is 0.0347. The van der Waals surface area contributed by atoms with E-state index in [2.05, 4.69) is 11.1 Å². The van der Waals surface area contributed by atoms with Crippen LogP contribution in [0.1, 0.15) is 15.9 Å². The highest BCUT2D eigenvalue weighted by Gasteiger charge is 2.26. The lowest BCUT2D eigenvalue weighted by Crippen LogP contribution is -2.49. The van der Waals surface area contributed by atoms with Gasteiger partial charge in [0.2, 0.25) is 0 Å². The van der Waals surface area contributed by atoms with Crippen molar-refractivity contribution in [2.45, 2.75) is 4.90 Å². The van der Waals surface area contributed by atoms with Crippen LogP contribution in [0.5, 0.6) is 5.75 Å². The summed E-state index contributed by atoms with van der Waals surface area (Å²) in [5.74, 6) is 0.992. The van der Waals surface area contributed by atoms with Gasteiger partial charge in [0, 0.05) is 45.0 Å². The topological polar surface area (TPSA) is 107 Å². The van der Waals surface area contributed by atoms with Crippen LogP contribution in [0.2, 0.25) is 0 Å². The number of carbonyl (C=O) groups is 1. The molecule has 0 atom stereocenters. The van der Waals surface area contributed by atoms with Gasteiger partial charge in [-0.25, -0.2) is 13.4 Å². The molecule has 0 bridgehead atoms. The van der Waals surface area contributed by atoms with Crippen molar-refractivity contribution in [3.05, 3.63) is 78.0 Å². The fourth-order valence-electron chi connectivity index (χ4n) is 3.92. The van der Waals surface area contributed by atoms with Gasteiger partial charge in [-0.1, -0.05) is 6.07 Å². The number of hydrogen-bond acceptors (Lipinski definition) is 7. The van der Waals surface area contributed by atoms with Gasteiger partial charge in [-0.3, -0.25) is 9.10 Å². The van der Waals surface area contributed by atoms with E-state index < -0.39 is 10.0 Å². The van der Waals surface area contributed by atoms with Crippen LogP contribution in [0, 0.1) is 11.3 Å². The normalized spacial score (nSPS) is 13.7. The molecule has 4 rings (SSSR count). The van der Waals surface area contributed by atoms with Crippen molar-refractivity contribution in [3.63, 3.8) is 0 Å². The fourth-order valence-corrected chi connectivity index (χ4v) is 5.16. The number of ether oxygens (including phenoxy) is 1. The van der Waals surface area contributed by atoms with Crippen LogP contribution < -0.4 is 13.9 Å². The molecule has 180 valence electrons. The molecule has 1 aliphatic rings. The van der Waals surface area contributed by atoms with E-state index in [9.17, 15) is 18.5 Å². The van der Waals surface area contributed by atoms with Gasteiger partial charge in [0.1, 0.15) is 17.6 Å². The maximum Gasteiger partial charge on any atom is 0.264 e. The lowest BCUT2D eigenvalue weighted by molar-refractivity contribution is 0.0746. The second-order valence-electron chi connectivity index (χ2n) is 7.96. The molecule has 10 heteroatoms. The number of rotatable bonds is 6. The predicted molar refractivity (Wildman–Crippen MR) is 132 cm³/mol. The molecule has 2 aromatic carbocycles. The Bertz CT molecular complexity index is 1360. The first-order valence-electron chi connectivity index (χ1n) is 11.0. The number of methoxy groups -OCH3 is 1. The van der Waals surface area contributed by atoms with Gasteiger partial charge in [0.05, 0.1) is 23.3 Å². The highest BCUT2D eigenvalue weighted by atomic mass is 32.2. The third-order valence-corrected chi connectivity index (χ3v) is 7.73. The van der Waals surface area contributed by atoms with Gasteiger partial charge in [-0.15, -0.1) is 0 Å². The summed E-state index contributed by atoms with van der Waals surface area (Å²) >= 11 is 0. The third kappa shape index (κ3) is 4.90. The molecule has 35 heavy (non-hydrogen) atoms. The summed E-state index contributed by atoms with van der Waals surface area (Å²) < 4.78 is 32.8. The SMILES string of the molecule is COc1ccc(N(C)S(=O)(=O)c2cccc(C(=O)N3CCN(c4ncccc4C#N)CC3)c2)cc1. The van der Waals surface area contributed by atoms with Gasteiger partial charge in [-0.05, 0) is 54.6 Å². The second-order valence-corrected chi connectivity index (χ2v) is 9.93. The first-order chi connectivity index (χ1) is 16.8. The molecule has 0 N–H and O–H groups in total. The lowest BCUT2D eigenvalue weighted by Gasteiger charge is -2.35. The van der Waals surface area contributed by atoms with Gasteiger partial charge in [0.15, 0.2) is 0 Å². The second kappa shape index (κ2) is 10.0. The van der Waals surface area contributed by atoms with Crippen LogP contribution in [0.3, 0.4) is 0 Å². The third-order valence-electron chi connectivity index (χ3n) is 5.95. The quantitative estimate of drug-likeness (QED) is 0.522. The molecule has 0 unspecified atom stereocenters. The monoisotopic (exact) mass is 491 g/mol. The Morgan fingerprint density at radius 2 is 1.77 bits per heavy atom. The summed E-state index contributed by atoms with van der Waals surface area (Å²) in [5, 5.41) is 9.33. The van der Waals surface area contributed by atoms with Gasteiger partial charge in [-0.2, -0.15) is 5.26 Å². The maximum absolute atomic E-state index is 13.2. The van der Waals surface area contributed by atoms with Crippen LogP contribution in [0.25, 0.3) is 0 Å². The lowest BCUT2D eigenvalue weighted by atomic mass is 10.1. The predicted octanol–water partition coefficient (Wildman–Crippen LogP) is 2.75. The minimum Gasteiger partial charge on any atom is -0.497 e. The number of pyridine rings is 1. The maximum atomic E-state index is 13.2. The molecule has 1 fully saturated rings. The Kier molecular flexibility index (Phi) is 6.89. The highest BCUT2D eigenvalue weighted by molar-refractivity contribution is 7.92. The van der Waals surface area contributed by atoms with Gasteiger partial charge >= 0.3 is 0 Å². The molecule has 1 aliphatic heterocycles. The summed E-state index contributed by atoms with van der Waals surface area (Å²) in [6.07, 6.45) is 1.64. The molecule has 1 saturated heterocycles. The number of piperazine rings is 1. The van der Waals surface area contributed by atoms with Crippen molar-refractivity contribution >= 4 is 27.4 Å². The average Bonchev–Trinajstić information content (AvgIpc) is 2.92. The number of carbonyl (C=O) groups excluding carboxylic acids is 1. The Morgan fingerprint density at radius 1 is 1.06 bits per heavy atom. The van der Waals surface area contributed by atoms with Crippen LogP contribution in [0.4, 0.5) is 11.5 Å². The number of sulfonamides is 1. The van der Waals surface area contributed by atoms with Gasteiger partial charge in [0.25, 0.3) is 15.9 Å². The van der Waals surface area contributed by atoms with Crippen molar-refractivity contribution in [2.24, 2.45) is 0 Å². The van der Waals surface area contributed by atoms with E-state index in [1.54, 1.807) is 66.7 Å². The van der Waals surface area contributed by atoms with E-state index in [0.717, 1.165) is 0 Å². The molecular formula is C25H25N5O4S. The number of nitrogens with zero attached hydrogens (tertiary/aromatic N) is 5. The van der Waals surface area contributed by atoms with Gasteiger partial charge < -0.3 is 14.5 Å². The van der Waals surface area contributed by atoms with E-state index in [1.807, 2.05) is 4.90 Å². The first-order valence-corrected chi connectivity index (χ1v) is 12.4. The smallest absolute Gasteiger partial charge is 0.264 e. The van der Waals surface area contributed by atoms with Crippen molar-refractivity contribution < 1.29 is 17.9 Å². The van der Waals surface area contributed by atoms with E-state index in [-0.39, 0.29) is 10.8 Å². The zero-order chi connectivity index (χ0) is 25.0. The van der Waals surface area contributed by atoms with Crippen molar-refractivity contribution in [2.75, 3.05) is 49.5 Å². The molecule has 0 radical (unpaired) electrons. The average molecular weight is 492 g/mol. The molecular weight excluding hydrogens is 466 g/mol. The van der Waals surface area contributed by atoms with E-state index in [0.29, 0.717) is 54.6 Å². The number of anilines is 2. The zero-order valence-corrected chi connectivity index (χ0v) is 20.3. The van der Waals surface area contributed by atoms with Crippen LogP contribution in [0.15, 0.2) is 71.8 Å². The first kappa shape index (κ1) is 24.0. The van der Waals surface area contributed by atoms with Crippen molar-refractivity contribution in [1.29, 1.82) is 5.26 Å². The Balaban J connectivity index is 1.48. The summed E-state index contributed by atoms with van der Waals surface area (Å²) in [5.41, 5.74) is 1.27. The standard InChI is InChI=1S/C25H25N5O4S/c1-28(21-8-10-22(34-2)11-9-21)35(32,33)23-7-3-5-19(17-23)25(31)30-15-13-29(14-16-30)24-20(18-26)6-4-12-27-24/h3-12,17H,13-16H2,1-2H3. The molecule has 0 aliphatic carbocycles. The Hall–Kier alpha value is -4.10. The highest BCUT2D eigenvalue weighted by Crippen LogP contribution is 2.25. The molecule has 9 nitrogen and oxygen atoms in total. The molecule has 3 aromatic rings. The minimum atomic E-state index is -3.88. The summed E-state index contributed by atoms with van der Waals surface area (Å²) in [6.45, 7) is 1.91. The van der Waals surface area contributed by atoms with Crippen LogP contribution in [-0.4, -0.2) is 64.5 Å². The summed E-state index contributed by atoms with van der Waals surface area (Å²) in [7, 11) is -0.864. The van der Waals surface area contributed by atoms with E-state index >= 15 is 0 Å². The molecule has 1 amide bonds. The summed E-state index contributed by atoms with van der Waals surface area (Å²) in [4.78, 5) is 21.2. The largest absolute Gasteiger partial charge is 0.497 e. The van der Waals surface area contributed by atoms with Crippen molar-refractivity contribution in [3.8, 4) is 11.8 Å².